The zero-order chi connectivity index (χ0) is 25.1. The summed E-state index contributed by atoms with van der Waals surface area (Å²) >= 11 is 0. The number of nitrogens with zero attached hydrogens (tertiary/aromatic N) is 1. The number of nitrogens with one attached hydrogen (secondary N) is 2. The van der Waals surface area contributed by atoms with E-state index in [1.54, 1.807) is 38.1 Å². The highest BCUT2D eigenvalue weighted by Gasteiger charge is 2.33. The molecule has 10 nitrogen and oxygen atoms in total. The average molecular weight is 479 g/mol. The van der Waals surface area contributed by atoms with Gasteiger partial charge in [-0.25, -0.2) is 9.59 Å². The molecule has 4 amide bonds. The molecule has 2 N–H and O–H groups in total. The molecular weight excluding hydrogens is 454 g/mol. The molecule has 2 aliphatic heterocycles. The number of benzene rings is 2. The summed E-state index contributed by atoms with van der Waals surface area (Å²) in [5.41, 5.74) is 1.24. The predicted molar refractivity (Wildman–Crippen MR) is 124 cm³/mol. The molecule has 4 rings (SSSR count). The third kappa shape index (κ3) is 4.72. The number of carbonyl (C=O) groups is 5. The molecule has 0 aliphatic carbocycles. The first-order chi connectivity index (χ1) is 16.8. The van der Waals surface area contributed by atoms with Crippen LogP contribution in [0.5, 0.6) is 0 Å². The van der Waals surface area contributed by atoms with E-state index in [0.29, 0.717) is 16.5 Å². The zero-order valence-electron chi connectivity index (χ0n) is 19.4. The minimum atomic E-state index is -0.615. The largest absolute Gasteiger partial charge is 0.463 e. The molecular formula is C25H25N3O7. The SMILES string of the molecule is CCOC(=O)C1=C(COC(=O)CCCN2C(=O)c3cccc4cccc(c34)C2=O)NC(=O)N[C@@H]1C. The van der Waals surface area contributed by atoms with Gasteiger partial charge < -0.3 is 20.1 Å². The standard InChI is InChI=1S/C25H25N3O7/c1-3-34-24(32)20-14(2)26-25(33)27-18(20)13-35-19(29)11-6-12-28-22(30)16-9-4-7-15-8-5-10-17(21(15)16)23(28)31/h4-5,7-10,14H,3,6,11-13H2,1-2H3,(H2,26,27,33)/t14-/m1/s1. The Hall–Kier alpha value is -4.21. The highest BCUT2D eigenvalue weighted by atomic mass is 16.5. The fraction of sp³-hybridized carbons (Fsp3) is 0.320. The summed E-state index contributed by atoms with van der Waals surface area (Å²) in [7, 11) is 0. The zero-order valence-corrected chi connectivity index (χ0v) is 19.4. The fourth-order valence-corrected chi connectivity index (χ4v) is 4.28. The summed E-state index contributed by atoms with van der Waals surface area (Å²) in [6.45, 7) is 3.17. The van der Waals surface area contributed by atoms with E-state index in [1.165, 1.54) is 0 Å². The van der Waals surface area contributed by atoms with Crippen molar-refractivity contribution in [2.75, 3.05) is 19.8 Å². The number of imide groups is 1. The van der Waals surface area contributed by atoms with E-state index >= 15 is 0 Å². The molecule has 10 heteroatoms. The molecule has 2 aromatic rings. The Morgan fingerprint density at radius 3 is 2.29 bits per heavy atom. The molecule has 2 heterocycles. The van der Waals surface area contributed by atoms with Crippen molar-refractivity contribution in [2.24, 2.45) is 0 Å². The predicted octanol–water partition coefficient (Wildman–Crippen LogP) is 2.28. The van der Waals surface area contributed by atoms with E-state index in [1.807, 2.05) is 12.1 Å². The van der Waals surface area contributed by atoms with Gasteiger partial charge in [0.2, 0.25) is 0 Å². The van der Waals surface area contributed by atoms with Gasteiger partial charge in [0.25, 0.3) is 11.8 Å². The van der Waals surface area contributed by atoms with Crippen LogP contribution in [0.1, 0.15) is 47.4 Å². The van der Waals surface area contributed by atoms with Crippen LogP contribution < -0.4 is 10.6 Å². The van der Waals surface area contributed by atoms with Gasteiger partial charge in [-0.2, -0.15) is 0 Å². The smallest absolute Gasteiger partial charge is 0.338 e. The van der Waals surface area contributed by atoms with Gasteiger partial charge in [-0.3, -0.25) is 19.3 Å². The summed E-state index contributed by atoms with van der Waals surface area (Å²) in [6, 6.07) is 9.48. The molecule has 0 bridgehead atoms. The monoisotopic (exact) mass is 479 g/mol. The third-order valence-electron chi connectivity index (χ3n) is 5.86. The van der Waals surface area contributed by atoms with E-state index in [2.05, 4.69) is 10.6 Å². The van der Waals surface area contributed by atoms with E-state index in [4.69, 9.17) is 9.47 Å². The first kappa shape index (κ1) is 23.9. The molecule has 0 saturated carbocycles. The Morgan fingerprint density at radius 1 is 1.00 bits per heavy atom. The molecule has 2 aromatic carbocycles. The lowest BCUT2D eigenvalue weighted by atomic mass is 9.94. The Labute approximate surface area is 201 Å². The Kier molecular flexibility index (Phi) is 6.81. The van der Waals surface area contributed by atoms with Crippen molar-refractivity contribution in [3.8, 4) is 0 Å². The lowest BCUT2D eigenvalue weighted by molar-refractivity contribution is -0.143. The second-order valence-corrected chi connectivity index (χ2v) is 8.17. The molecule has 182 valence electrons. The van der Waals surface area contributed by atoms with Crippen LogP contribution in [0.15, 0.2) is 47.7 Å². The van der Waals surface area contributed by atoms with E-state index in [9.17, 15) is 24.0 Å². The first-order valence-corrected chi connectivity index (χ1v) is 11.3. The van der Waals surface area contributed by atoms with Gasteiger partial charge in [-0.15, -0.1) is 0 Å². The van der Waals surface area contributed by atoms with Crippen LogP contribution >= 0.6 is 0 Å². The average Bonchev–Trinajstić information content (AvgIpc) is 2.83. The van der Waals surface area contributed by atoms with Gasteiger partial charge in [0.05, 0.1) is 23.9 Å². The molecule has 0 radical (unpaired) electrons. The second kappa shape index (κ2) is 9.96. The van der Waals surface area contributed by atoms with Crippen molar-refractivity contribution < 1.29 is 33.4 Å². The second-order valence-electron chi connectivity index (χ2n) is 8.17. The third-order valence-corrected chi connectivity index (χ3v) is 5.86. The molecule has 2 aliphatic rings. The quantitative estimate of drug-likeness (QED) is 0.439. The summed E-state index contributed by atoms with van der Waals surface area (Å²) in [5.74, 6) is -2.01. The summed E-state index contributed by atoms with van der Waals surface area (Å²) in [6.07, 6.45) is 0.134. The van der Waals surface area contributed by atoms with Gasteiger partial charge in [0.15, 0.2) is 0 Å². The molecule has 35 heavy (non-hydrogen) atoms. The number of carbonyl (C=O) groups excluding carboxylic acids is 5. The summed E-state index contributed by atoms with van der Waals surface area (Å²) in [4.78, 5) is 63.4. The first-order valence-electron chi connectivity index (χ1n) is 11.3. The van der Waals surface area contributed by atoms with E-state index in [-0.39, 0.29) is 43.9 Å². The maximum atomic E-state index is 12.9. The van der Waals surface area contributed by atoms with Crippen LogP contribution in [-0.4, -0.2) is 60.5 Å². The number of amides is 4. The molecule has 0 unspecified atom stereocenters. The van der Waals surface area contributed by atoms with Gasteiger partial charge >= 0.3 is 18.0 Å². The van der Waals surface area contributed by atoms with Crippen LogP contribution in [-0.2, 0) is 19.1 Å². The van der Waals surface area contributed by atoms with Crippen LogP contribution in [0.25, 0.3) is 10.8 Å². The lowest BCUT2D eigenvalue weighted by Crippen LogP contribution is -2.50. The maximum absolute atomic E-state index is 12.9. The van der Waals surface area contributed by atoms with Gasteiger partial charge in [-0.05, 0) is 37.8 Å². The number of hydrogen-bond donors (Lipinski definition) is 2. The van der Waals surface area contributed by atoms with Gasteiger partial charge in [0.1, 0.15) is 6.61 Å². The Balaban J connectivity index is 1.37. The minimum Gasteiger partial charge on any atom is -0.463 e. The highest BCUT2D eigenvalue weighted by Crippen LogP contribution is 2.30. The van der Waals surface area contributed by atoms with E-state index in [0.717, 1.165) is 10.3 Å². The van der Waals surface area contributed by atoms with Crippen molar-refractivity contribution >= 4 is 40.6 Å². The van der Waals surface area contributed by atoms with Crippen LogP contribution in [0.2, 0.25) is 0 Å². The highest BCUT2D eigenvalue weighted by molar-refractivity contribution is 6.25. The summed E-state index contributed by atoms with van der Waals surface area (Å²) in [5, 5.41) is 6.51. The molecule has 0 spiro atoms. The van der Waals surface area contributed by atoms with Crippen LogP contribution in [0.4, 0.5) is 4.79 Å². The maximum Gasteiger partial charge on any atom is 0.338 e. The molecule has 0 fully saturated rings. The van der Waals surface area contributed by atoms with Crippen molar-refractivity contribution in [1.82, 2.24) is 15.5 Å². The van der Waals surface area contributed by atoms with Gasteiger partial charge in [-0.1, -0.05) is 24.3 Å². The van der Waals surface area contributed by atoms with Gasteiger partial charge in [0, 0.05) is 29.5 Å². The Morgan fingerprint density at radius 2 is 1.66 bits per heavy atom. The van der Waals surface area contributed by atoms with Crippen molar-refractivity contribution in [1.29, 1.82) is 0 Å². The van der Waals surface area contributed by atoms with Crippen molar-refractivity contribution in [3.63, 3.8) is 0 Å². The minimum absolute atomic E-state index is 0.0476. The number of hydrogen-bond acceptors (Lipinski definition) is 7. The number of esters is 2. The lowest BCUT2D eigenvalue weighted by Gasteiger charge is -2.27. The molecule has 0 aromatic heterocycles. The fourth-order valence-electron chi connectivity index (χ4n) is 4.28. The normalized spacial score (nSPS) is 17.3. The van der Waals surface area contributed by atoms with E-state index < -0.39 is 35.8 Å². The molecule has 1 atom stereocenters. The Bertz CT molecular complexity index is 1220. The topological polar surface area (TPSA) is 131 Å². The number of rotatable bonds is 8. The van der Waals surface area contributed by atoms with Crippen LogP contribution in [0.3, 0.4) is 0 Å². The molecule has 0 saturated heterocycles. The van der Waals surface area contributed by atoms with Crippen LogP contribution in [0, 0.1) is 0 Å². The van der Waals surface area contributed by atoms with Crippen molar-refractivity contribution in [2.45, 2.75) is 32.7 Å². The van der Waals surface area contributed by atoms with Crippen molar-refractivity contribution in [3.05, 3.63) is 58.8 Å². The number of urea groups is 1. The summed E-state index contributed by atoms with van der Waals surface area (Å²) < 4.78 is 10.3. The number of ether oxygens (including phenoxy) is 2.